The van der Waals surface area contributed by atoms with Gasteiger partial charge in [-0.1, -0.05) is 201 Å². The average molecular weight is 847 g/mol. The molecule has 0 bridgehead atoms. The van der Waals surface area contributed by atoms with Crippen molar-refractivity contribution in [3.8, 4) is 0 Å². The molecule has 0 aromatic rings. The van der Waals surface area contributed by atoms with Gasteiger partial charge in [-0.2, -0.15) is 0 Å². The molecule has 346 valence electrons. The van der Waals surface area contributed by atoms with Gasteiger partial charge in [0.1, 0.15) is 13.2 Å². The first-order valence-corrected chi connectivity index (χ1v) is 24.8. The fourth-order valence-electron chi connectivity index (χ4n) is 6.46. The molecule has 0 saturated carbocycles. The largest absolute Gasteiger partial charge is 0.462 e. The summed E-state index contributed by atoms with van der Waals surface area (Å²) in [5.41, 5.74) is 0. The SMILES string of the molecule is CC\C=C/C=C\C=C/CCCCCCCC(=O)OC(COC(=O)CCC/C=C\C/C=C\C/C=C\CC)COC(=O)CCCCCCCCCCCC/C=C\C=C/CCCCC. The Bertz CT molecular complexity index is 1250. The van der Waals surface area contributed by atoms with Crippen LogP contribution in [0, 0.1) is 0 Å². The van der Waals surface area contributed by atoms with E-state index in [4.69, 9.17) is 14.2 Å². The van der Waals surface area contributed by atoms with Crippen LogP contribution < -0.4 is 0 Å². The highest BCUT2D eigenvalue weighted by Gasteiger charge is 2.19. The molecule has 0 N–H and O–H groups in total. The summed E-state index contributed by atoms with van der Waals surface area (Å²) in [7, 11) is 0. The molecule has 0 rings (SSSR count). The van der Waals surface area contributed by atoms with Crippen molar-refractivity contribution in [1.82, 2.24) is 0 Å². The molecule has 0 radical (unpaired) electrons. The second-order valence-electron chi connectivity index (χ2n) is 16.0. The van der Waals surface area contributed by atoms with E-state index < -0.39 is 6.10 Å². The number of hydrogen-bond acceptors (Lipinski definition) is 6. The van der Waals surface area contributed by atoms with Crippen LogP contribution in [0.1, 0.15) is 213 Å². The van der Waals surface area contributed by atoms with Crippen LogP contribution in [0.4, 0.5) is 0 Å². The lowest BCUT2D eigenvalue weighted by Crippen LogP contribution is -2.30. The third-order valence-electron chi connectivity index (χ3n) is 10.1. The minimum absolute atomic E-state index is 0.105. The van der Waals surface area contributed by atoms with Gasteiger partial charge in [-0.05, 0) is 89.9 Å². The first-order chi connectivity index (χ1) is 30.0. The van der Waals surface area contributed by atoms with Crippen LogP contribution in [0.2, 0.25) is 0 Å². The minimum atomic E-state index is -0.809. The first-order valence-electron chi connectivity index (χ1n) is 24.8. The van der Waals surface area contributed by atoms with E-state index in [-0.39, 0.29) is 37.5 Å². The van der Waals surface area contributed by atoms with Crippen molar-refractivity contribution in [2.24, 2.45) is 0 Å². The Kier molecular flexibility index (Phi) is 46.0. The van der Waals surface area contributed by atoms with Gasteiger partial charge in [0.2, 0.25) is 0 Å². The zero-order valence-corrected chi connectivity index (χ0v) is 39.4. The van der Waals surface area contributed by atoms with E-state index >= 15 is 0 Å². The van der Waals surface area contributed by atoms with Crippen LogP contribution in [0.15, 0.2) is 97.2 Å². The highest BCUT2D eigenvalue weighted by atomic mass is 16.6. The lowest BCUT2D eigenvalue weighted by molar-refractivity contribution is -0.167. The number of esters is 3. The first kappa shape index (κ1) is 57.3. The van der Waals surface area contributed by atoms with Crippen LogP contribution in [-0.2, 0) is 28.6 Å². The minimum Gasteiger partial charge on any atom is -0.462 e. The fraction of sp³-hybridized carbons (Fsp3) is 0.655. The van der Waals surface area contributed by atoms with Gasteiger partial charge < -0.3 is 14.2 Å². The van der Waals surface area contributed by atoms with E-state index in [9.17, 15) is 14.4 Å². The zero-order chi connectivity index (χ0) is 44.4. The summed E-state index contributed by atoms with van der Waals surface area (Å²) in [4.78, 5) is 37.8. The summed E-state index contributed by atoms with van der Waals surface area (Å²) >= 11 is 0. The molecular formula is C55H90O6. The van der Waals surface area contributed by atoms with E-state index in [1.165, 1.54) is 77.0 Å². The van der Waals surface area contributed by atoms with Crippen LogP contribution in [0.25, 0.3) is 0 Å². The maximum atomic E-state index is 12.7. The second kappa shape index (κ2) is 49.0. The quantitative estimate of drug-likeness (QED) is 0.0200. The van der Waals surface area contributed by atoms with Gasteiger partial charge >= 0.3 is 17.9 Å². The van der Waals surface area contributed by atoms with E-state index in [1.54, 1.807) is 0 Å². The van der Waals surface area contributed by atoms with Crippen LogP contribution in [0.5, 0.6) is 0 Å². The molecule has 0 aliphatic heterocycles. The number of unbranched alkanes of at least 4 members (excludes halogenated alkanes) is 19. The monoisotopic (exact) mass is 847 g/mol. The molecule has 0 fully saturated rings. The molecule has 1 unspecified atom stereocenters. The van der Waals surface area contributed by atoms with Gasteiger partial charge in [-0.25, -0.2) is 0 Å². The number of hydrogen-bond donors (Lipinski definition) is 0. The van der Waals surface area contributed by atoms with Gasteiger partial charge in [0, 0.05) is 19.3 Å². The van der Waals surface area contributed by atoms with Gasteiger partial charge in [0.25, 0.3) is 0 Å². The number of carbonyl (C=O) groups is 3. The predicted molar refractivity (Wildman–Crippen MR) is 260 cm³/mol. The fourth-order valence-corrected chi connectivity index (χ4v) is 6.46. The zero-order valence-electron chi connectivity index (χ0n) is 39.4. The van der Waals surface area contributed by atoms with Crippen molar-refractivity contribution < 1.29 is 28.6 Å². The molecule has 1 atom stereocenters. The van der Waals surface area contributed by atoms with Crippen LogP contribution in [0.3, 0.4) is 0 Å². The molecule has 0 aromatic heterocycles. The van der Waals surface area contributed by atoms with Crippen molar-refractivity contribution in [2.75, 3.05) is 13.2 Å². The van der Waals surface area contributed by atoms with Gasteiger partial charge in [-0.15, -0.1) is 0 Å². The van der Waals surface area contributed by atoms with Gasteiger partial charge in [0.15, 0.2) is 6.10 Å². The topological polar surface area (TPSA) is 78.9 Å². The molecule has 0 aliphatic carbocycles. The highest BCUT2D eigenvalue weighted by molar-refractivity contribution is 5.71. The maximum Gasteiger partial charge on any atom is 0.306 e. The third kappa shape index (κ3) is 47.2. The molecule has 0 spiro atoms. The molecular weight excluding hydrogens is 757 g/mol. The summed E-state index contributed by atoms with van der Waals surface area (Å²) < 4.78 is 16.7. The molecule has 0 amide bonds. The summed E-state index contributed by atoms with van der Waals surface area (Å²) in [6.45, 7) is 6.28. The Morgan fingerprint density at radius 3 is 1.25 bits per heavy atom. The lowest BCUT2D eigenvalue weighted by Gasteiger charge is -2.18. The molecule has 6 heteroatoms. The molecule has 0 heterocycles. The van der Waals surface area contributed by atoms with Crippen molar-refractivity contribution in [2.45, 2.75) is 219 Å². The highest BCUT2D eigenvalue weighted by Crippen LogP contribution is 2.14. The number of carbonyl (C=O) groups excluding carboxylic acids is 3. The normalized spacial score (nSPS) is 12.9. The van der Waals surface area contributed by atoms with Crippen LogP contribution >= 0.6 is 0 Å². The Morgan fingerprint density at radius 1 is 0.361 bits per heavy atom. The molecule has 6 nitrogen and oxygen atoms in total. The molecule has 0 saturated heterocycles. The Labute approximate surface area is 375 Å². The lowest BCUT2D eigenvalue weighted by atomic mass is 10.1. The maximum absolute atomic E-state index is 12.7. The summed E-state index contributed by atoms with van der Waals surface area (Å²) in [6, 6.07) is 0. The summed E-state index contributed by atoms with van der Waals surface area (Å²) in [5.74, 6) is -0.992. The molecule has 0 aliphatic rings. The second-order valence-corrected chi connectivity index (χ2v) is 16.0. The number of allylic oxidation sites excluding steroid dienone is 16. The van der Waals surface area contributed by atoms with Crippen LogP contribution in [-0.4, -0.2) is 37.2 Å². The van der Waals surface area contributed by atoms with E-state index in [2.05, 4.69) is 112 Å². The Morgan fingerprint density at radius 2 is 0.738 bits per heavy atom. The van der Waals surface area contributed by atoms with Crippen molar-refractivity contribution >= 4 is 17.9 Å². The number of ether oxygens (including phenoxy) is 3. The standard InChI is InChI=1S/C55H90O6/c1-4-7-10-13-16-19-22-24-25-26-27-28-29-31-33-36-39-42-45-48-54(57)60-51-52(50-59-53(56)47-44-41-38-35-32-21-18-15-12-9-6-3)61-55(58)49-46-43-40-37-34-30-23-20-17-14-11-8-5-2/h8-9,11-12,14,16-24,35,38,52H,4-7,10,13,15,25-34,36-37,39-51H2,1-3H3/b11-8-,12-9-,17-14-,19-16-,21-18-,23-20-,24-22-,38-35-. The summed E-state index contributed by atoms with van der Waals surface area (Å²) in [5, 5.41) is 0. The van der Waals surface area contributed by atoms with Gasteiger partial charge in [0.05, 0.1) is 0 Å². The summed E-state index contributed by atoms with van der Waals surface area (Å²) in [6.07, 6.45) is 64.0. The van der Waals surface area contributed by atoms with Crippen molar-refractivity contribution in [3.63, 3.8) is 0 Å². The van der Waals surface area contributed by atoms with E-state index in [0.717, 1.165) is 89.9 Å². The van der Waals surface area contributed by atoms with Crippen molar-refractivity contribution in [1.29, 1.82) is 0 Å². The molecule has 0 aromatic carbocycles. The Balaban J connectivity index is 4.41. The Hall–Kier alpha value is -3.67. The van der Waals surface area contributed by atoms with Gasteiger partial charge in [-0.3, -0.25) is 14.4 Å². The van der Waals surface area contributed by atoms with Crippen molar-refractivity contribution in [3.05, 3.63) is 97.2 Å². The predicted octanol–water partition coefficient (Wildman–Crippen LogP) is 16.2. The van der Waals surface area contributed by atoms with E-state index in [0.29, 0.717) is 19.3 Å². The molecule has 61 heavy (non-hydrogen) atoms. The number of rotatable bonds is 43. The third-order valence-corrected chi connectivity index (χ3v) is 10.1. The smallest absolute Gasteiger partial charge is 0.306 e. The van der Waals surface area contributed by atoms with E-state index in [1.807, 2.05) is 6.08 Å². The average Bonchev–Trinajstić information content (AvgIpc) is 3.26.